The molecule has 3 heterocycles. The normalized spacial score (nSPS) is 15.9. The molecule has 1 saturated heterocycles. The number of aromatic hydroxyl groups is 1. The van der Waals surface area contributed by atoms with Crippen LogP contribution in [0.1, 0.15) is 16.2 Å². The highest BCUT2D eigenvalue weighted by molar-refractivity contribution is 5.91. The van der Waals surface area contributed by atoms with Crippen LogP contribution < -0.4 is 5.43 Å². The first-order valence-corrected chi connectivity index (χ1v) is 7.09. The van der Waals surface area contributed by atoms with Gasteiger partial charge in [-0.2, -0.15) is 0 Å². The van der Waals surface area contributed by atoms with Crippen LogP contribution in [0.2, 0.25) is 0 Å². The molecule has 2 aromatic heterocycles. The first kappa shape index (κ1) is 14.4. The van der Waals surface area contributed by atoms with Crippen molar-refractivity contribution < 1.29 is 14.3 Å². The zero-order valence-electron chi connectivity index (χ0n) is 12.0. The minimum atomic E-state index is -0.389. The Hall–Kier alpha value is -2.54. The van der Waals surface area contributed by atoms with E-state index in [9.17, 15) is 14.7 Å². The molecule has 116 valence electrons. The quantitative estimate of drug-likeness (QED) is 0.868. The van der Waals surface area contributed by atoms with E-state index in [-0.39, 0.29) is 17.1 Å². The Labute approximate surface area is 126 Å². The summed E-state index contributed by atoms with van der Waals surface area (Å²) < 4.78 is 5.13. The van der Waals surface area contributed by atoms with Gasteiger partial charge in [0.05, 0.1) is 6.26 Å². The van der Waals surface area contributed by atoms with Crippen LogP contribution in [0.3, 0.4) is 0 Å². The number of piperazine rings is 1. The molecular weight excluding hydrogens is 286 g/mol. The lowest BCUT2D eigenvalue weighted by Crippen LogP contribution is -2.48. The third-order valence-corrected chi connectivity index (χ3v) is 3.74. The van der Waals surface area contributed by atoms with E-state index in [1.54, 1.807) is 17.0 Å². The van der Waals surface area contributed by atoms with Gasteiger partial charge in [0.2, 0.25) is 5.43 Å². The Morgan fingerprint density at radius 2 is 2.09 bits per heavy atom. The number of carbonyl (C=O) groups excluding carboxylic acids is 1. The van der Waals surface area contributed by atoms with E-state index in [0.29, 0.717) is 25.4 Å². The predicted molar refractivity (Wildman–Crippen MR) is 78.6 cm³/mol. The summed E-state index contributed by atoms with van der Waals surface area (Å²) in [4.78, 5) is 30.3. The molecule has 0 spiro atoms. The lowest BCUT2D eigenvalue weighted by Gasteiger charge is -2.34. The number of amides is 1. The van der Waals surface area contributed by atoms with Crippen molar-refractivity contribution >= 4 is 5.91 Å². The zero-order chi connectivity index (χ0) is 15.5. The fourth-order valence-electron chi connectivity index (χ4n) is 2.50. The van der Waals surface area contributed by atoms with Crippen LogP contribution in [0.25, 0.3) is 0 Å². The van der Waals surface area contributed by atoms with E-state index in [1.165, 1.54) is 18.5 Å². The van der Waals surface area contributed by atoms with E-state index < -0.39 is 0 Å². The van der Waals surface area contributed by atoms with Crippen LogP contribution >= 0.6 is 0 Å². The first-order valence-electron chi connectivity index (χ1n) is 7.09. The molecule has 0 atom stereocenters. The van der Waals surface area contributed by atoms with Crippen molar-refractivity contribution in [3.8, 4) is 5.75 Å². The highest BCUT2D eigenvalue weighted by Gasteiger charge is 2.23. The lowest BCUT2D eigenvalue weighted by molar-refractivity contribution is 0.0596. The minimum Gasteiger partial charge on any atom is -0.503 e. The number of nitrogens with zero attached hydrogens (tertiary/aromatic N) is 2. The summed E-state index contributed by atoms with van der Waals surface area (Å²) in [5.74, 6) is -0.0170. The maximum atomic E-state index is 12.1. The molecular formula is C15H17N3O4. The second kappa shape index (κ2) is 6.07. The van der Waals surface area contributed by atoms with Gasteiger partial charge >= 0.3 is 0 Å². The van der Waals surface area contributed by atoms with Gasteiger partial charge in [-0.15, -0.1) is 0 Å². The number of aromatic nitrogens is 1. The van der Waals surface area contributed by atoms with Crippen molar-refractivity contribution in [1.29, 1.82) is 0 Å². The Bertz CT molecular complexity index is 700. The largest absolute Gasteiger partial charge is 0.503 e. The maximum Gasteiger partial charge on any atom is 0.289 e. The van der Waals surface area contributed by atoms with Crippen molar-refractivity contribution in [2.75, 3.05) is 26.2 Å². The molecule has 0 unspecified atom stereocenters. The van der Waals surface area contributed by atoms with Gasteiger partial charge in [0.25, 0.3) is 5.91 Å². The predicted octanol–water partition coefficient (Wildman–Crippen LogP) is 0.631. The molecule has 1 fully saturated rings. The van der Waals surface area contributed by atoms with E-state index in [4.69, 9.17) is 4.42 Å². The molecule has 0 saturated carbocycles. The van der Waals surface area contributed by atoms with Gasteiger partial charge in [0.1, 0.15) is 0 Å². The molecule has 1 aliphatic heterocycles. The summed E-state index contributed by atoms with van der Waals surface area (Å²) in [6.45, 7) is 3.24. The van der Waals surface area contributed by atoms with Crippen LogP contribution in [0, 0.1) is 0 Å². The number of hydrogen-bond donors (Lipinski definition) is 2. The van der Waals surface area contributed by atoms with Crippen LogP contribution in [0.4, 0.5) is 0 Å². The Kier molecular flexibility index (Phi) is 3.97. The second-order valence-electron chi connectivity index (χ2n) is 5.25. The van der Waals surface area contributed by atoms with Crippen LogP contribution in [-0.2, 0) is 6.54 Å². The number of rotatable bonds is 3. The van der Waals surface area contributed by atoms with Crippen molar-refractivity contribution in [1.82, 2.24) is 14.8 Å². The molecule has 2 N–H and O–H groups in total. The highest BCUT2D eigenvalue weighted by Crippen LogP contribution is 2.11. The molecule has 0 radical (unpaired) electrons. The molecule has 22 heavy (non-hydrogen) atoms. The average molecular weight is 303 g/mol. The molecule has 2 aromatic rings. The topological polar surface area (TPSA) is 89.8 Å². The highest BCUT2D eigenvalue weighted by atomic mass is 16.3. The molecule has 0 aliphatic carbocycles. The van der Waals surface area contributed by atoms with E-state index in [2.05, 4.69) is 9.88 Å². The average Bonchev–Trinajstić information content (AvgIpc) is 3.05. The molecule has 0 aromatic carbocycles. The molecule has 3 rings (SSSR count). The standard InChI is InChI=1S/C15H17N3O4/c19-12-8-11(16-9-13(12)20)10-17-3-5-18(6-4-17)15(21)14-2-1-7-22-14/h1-2,7-9,20H,3-6,10H2,(H,16,19). The second-order valence-corrected chi connectivity index (χ2v) is 5.25. The number of pyridine rings is 1. The fourth-order valence-corrected chi connectivity index (χ4v) is 2.50. The van der Waals surface area contributed by atoms with Crippen LogP contribution in [0.15, 0.2) is 39.9 Å². The summed E-state index contributed by atoms with van der Waals surface area (Å²) in [6.07, 6.45) is 2.79. The van der Waals surface area contributed by atoms with Gasteiger partial charge < -0.3 is 19.4 Å². The van der Waals surface area contributed by atoms with Crippen LogP contribution in [0.5, 0.6) is 5.75 Å². The molecule has 1 aliphatic rings. The summed E-state index contributed by atoms with van der Waals surface area (Å²) >= 11 is 0. The number of hydrogen-bond acceptors (Lipinski definition) is 5. The molecule has 1 amide bonds. The third-order valence-electron chi connectivity index (χ3n) is 3.74. The van der Waals surface area contributed by atoms with E-state index in [0.717, 1.165) is 18.8 Å². The summed E-state index contributed by atoms with van der Waals surface area (Å²) in [5.41, 5.74) is 0.356. The Balaban J connectivity index is 1.56. The van der Waals surface area contributed by atoms with E-state index in [1.807, 2.05) is 0 Å². The summed E-state index contributed by atoms with van der Waals surface area (Å²) in [7, 11) is 0. The van der Waals surface area contributed by atoms with Gasteiger partial charge in [0.15, 0.2) is 11.5 Å². The minimum absolute atomic E-state index is 0.0947. The summed E-state index contributed by atoms with van der Waals surface area (Å²) in [6, 6.07) is 4.76. The number of furan rings is 1. The number of nitrogens with one attached hydrogen (secondary N) is 1. The summed E-state index contributed by atoms with van der Waals surface area (Å²) in [5, 5.41) is 9.23. The zero-order valence-corrected chi connectivity index (χ0v) is 12.0. The van der Waals surface area contributed by atoms with Crippen molar-refractivity contribution in [3.05, 3.63) is 52.3 Å². The van der Waals surface area contributed by atoms with Gasteiger partial charge in [-0.3, -0.25) is 14.5 Å². The number of carbonyl (C=O) groups is 1. The molecule has 7 heteroatoms. The number of aromatic amines is 1. The van der Waals surface area contributed by atoms with Crippen molar-refractivity contribution in [2.24, 2.45) is 0 Å². The van der Waals surface area contributed by atoms with Gasteiger partial charge in [-0.25, -0.2) is 0 Å². The monoisotopic (exact) mass is 303 g/mol. The third kappa shape index (κ3) is 3.04. The maximum absolute atomic E-state index is 12.1. The van der Waals surface area contributed by atoms with Crippen LogP contribution in [-0.4, -0.2) is 52.0 Å². The van der Waals surface area contributed by atoms with Gasteiger partial charge in [-0.05, 0) is 12.1 Å². The van der Waals surface area contributed by atoms with Crippen molar-refractivity contribution in [2.45, 2.75) is 6.54 Å². The fraction of sp³-hybridized carbons (Fsp3) is 0.333. The Morgan fingerprint density at radius 1 is 1.32 bits per heavy atom. The number of H-pyrrole nitrogens is 1. The SMILES string of the molecule is O=C(c1ccco1)N1CCN(Cc2cc(=O)c(O)c[nH]2)CC1. The molecule has 7 nitrogen and oxygen atoms in total. The van der Waals surface area contributed by atoms with Gasteiger partial charge in [-0.1, -0.05) is 0 Å². The Morgan fingerprint density at radius 3 is 2.73 bits per heavy atom. The van der Waals surface area contributed by atoms with E-state index >= 15 is 0 Å². The van der Waals surface area contributed by atoms with Crippen molar-refractivity contribution in [3.63, 3.8) is 0 Å². The van der Waals surface area contributed by atoms with Gasteiger partial charge in [0, 0.05) is 50.7 Å². The smallest absolute Gasteiger partial charge is 0.289 e. The molecule has 0 bridgehead atoms. The lowest BCUT2D eigenvalue weighted by atomic mass is 10.2. The first-order chi connectivity index (χ1) is 10.6.